The van der Waals surface area contributed by atoms with Gasteiger partial charge in [0.25, 0.3) is 5.91 Å². The standard InChI is InChI=1S/C31H52N6O7/c1-7-11-25(35-31(43)27(21(6)8-2)36-28(40)22-14-16-37(44)17-15-22)30(42)34-23(18-20(4)5)19-33-24(29(41)32-9-3)12-10-13-26(38)39/h14-17,20-21,23-25,27,33H,7-13,18-19H2,1-6H3,(H,32,41)(H,34,42)(H,35,43)(H,36,40)(H,38,39)/t21-,23-,24-,25-,27-/m0/s1. The Balaban J connectivity index is 3.02. The van der Waals surface area contributed by atoms with E-state index in [9.17, 15) is 29.2 Å². The highest BCUT2D eigenvalue weighted by molar-refractivity contribution is 5.98. The van der Waals surface area contributed by atoms with Crippen LogP contribution in [0, 0.1) is 17.0 Å². The summed E-state index contributed by atoms with van der Waals surface area (Å²) in [5, 5.41) is 34.9. The molecular formula is C31H52N6O7. The van der Waals surface area contributed by atoms with Crippen LogP contribution in [-0.4, -0.2) is 72.0 Å². The van der Waals surface area contributed by atoms with Gasteiger partial charge in [0.15, 0.2) is 12.4 Å². The highest BCUT2D eigenvalue weighted by Crippen LogP contribution is 2.12. The molecule has 1 heterocycles. The number of carbonyl (C=O) groups excluding carboxylic acids is 4. The molecule has 0 fully saturated rings. The maximum absolute atomic E-state index is 13.5. The predicted molar refractivity (Wildman–Crippen MR) is 166 cm³/mol. The molecule has 1 rings (SSSR count). The van der Waals surface area contributed by atoms with Crippen molar-refractivity contribution in [2.24, 2.45) is 11.8 Å². The minimum atomic E-state index is -0.930. The third-order valence-corrected chi connectivity index (χ3v) is 7.32. The molecule has 0 aromatic carbocycles. The van der Waals surface area contributed by atoms with Gasteiger partial charge in [-0.05, 0) is 44.4 Å². The molecule has 0 aliphatic rings. The summed E-state index contributed by atoms with van der Waals surface area (Å²) in [4.78, 5) is 63.4. The summed E-state index contributed by atoms with van der Waals surface area (Å²) in [7, 11) is 0. The van der Waals surface area contributed by atoms with E-state index in [2.05, 4.69) is 26.6 Å². The van der Waals surface area contributed by atoms with Crippen LogP contribution in [0.5, 0.6) is 0 Å². The fraction of sp³-hybridized carbons (Fsp3) is 0.677. The third-order valence-electron chi connectivity index (χ3n) is 7.32. The summed E-state index contributed by atoms with van der Waals surface area (Å²) in [6, 6.07) is 0.00407. The smallest absolute Gasteiger partial charge is 0.303 e. The minimum absolute atomic E-state index is 0.0499. The van der Waals surface area contributed by atoms with Gasteiger partial charge in [-0.2, -0.15) is 4.73 Å². The largest absolute Gasteiger partial charge is 0.619 e. The Morgan fingerprint density at radius 3 is 2.09 bits per heavy atom. The average molecular weight is 621 g/mol. The number of amides is 4. The minimum Gasteiger partial charge on any atom is -0.619 e. The van der Waals surface area contributed by atoms with E-state index in [1.54, 1.807) is 6.92 Å². The summed E-state index contributed by atoms with van der Waals surface area (Å²) < 4.78 is 0.561. The van der Waals surface area contributed by atoms with Crippen LogP contribution in [0.1, 0.15) is 96.8 Å². The first-order valence-corrected chi connectivity index (χ1v) is 15.7. The number of nitrogens with one attached hydrogen (secondary N) is 5. The topological polar surface area (TPSA) is 193 Å². The molecule has 0 saturated carbocycles. The lowest BCUT2D eigenvalue weighted by atomic mass is 9.97. The summed E-state index contributed by atoms with van der Waals surface area (Å²) in [6.45, 7) is 12.2. The van der Waals surface area contributed by atoms with E-state index in [0.717, 1.165) is 0 Å². The average Bonchev–Trinajstić information content (AvgIpc) is 2.96. The lowest BCUT2D eigenvalue weighted by Crippen LogP contribution is -2.57. The molecule has 13 nitrogen and oxygen atoms in total. The van der Waals surface area contributed by atoms with E-state index in [0.29, 0.717) is 49.8 Å². The zero-order valence-electron chi connectivity index (χ0n) is 27.0. The van der Waals surface area contributed by atoms with Crippen molar-refractivity contribution < 1.29 is 33.8 Å². The number of pyridine rings is 1. The number of hydrogen-bond donors (Lipinski definition) is 6. The van der Waals surface area contributed by atoms with Crippen LogP contribution < -0.4 is 31.3 Å². The van der Waals surface area contributed by atoms with Gasteiger partial charge in [0, 0.05) is 37.7 Å². The first kappa shape index (κ1) is 38.3. The summed E-state index contributed by atoms with van der Waals surface area (Å²) in [6.07, 6.45) is 5.20. The zero-order valence-corrected chi connectivity index (χ0v) is 27.0. The monoisotopic (exact) mass is 620 g/mol. The number of aromatic nitrogens is 1. The first-order valence-electron chi connectivity index (χ1n) is 15.7. The highest BCUT2D eigenvalue weighted by atomic mass is 16.5. The second-order valence-corrected chi connectivity index (χ2v) is 11.6. The van der Waals surface area contributed by atoms with Crippen LogP contribution in [-0.2, 0) is 19.2 Å². The van der Waals surface area contributed by atoms with E-state index in [4.69, 9.17) is 5.11 Å². The predicted octanol–water partition coefficient (Wildman–Crippen LogP) is 1.63. The Labute approximate surface area is 260 Å². The van der Waals surface area contributed by atoms with Gasteiger partial charge in [0.2, 0.25) is 17.7 Å². The number of aliphatic carboxylic acids is 1. The second kappa shape index (κ2) is 20.3. The maximum atomic E-state index is 13.5. The Morgan fingerprint density at radius 1 is 0.886 bits per heavy atom. The molecule has 1 aromatic rings. The van der Waals surface area contributed by atoms with E-state index in [1.807, 2.05) is 34.6 Å². The molecule has 6 N–H and O–H groups in total. The van der Waals surface area contributed by atoms with Crippen LogP contribution in [0.2, 0.25) is 0 Å². The van der Waals surface area contributed by atoms with Crippen molar-refractivity contribution in [1.82, 2.24) is 26.6 Å². The van der Waals surface area contributed by atoms with Gasteiger partial charge in [-0.3, -0.25) is 24.0 Å². The fourth-order valence-corrected chi connectivity index (χ4v) is 4.74. The van der Waals surface area contributed by atoms with E-state index in [-0.39, 0.29) is 48.2 Å². The third kappa shape index (κ3) is 14.2. The summed E-state index contributed by atoms with van der Waals surface area (Å²) in [5.74, 6) is -2.53. The molecule has 248 valence electrons. The molecule has 0 radical (unpaired) electrons. The van der Waals surface area contributed by atoms with Gasteiger partial charge in [-0.1, -0.05) is 47.5 Å². The van der Waals surface area contributed by atoms with Crippen molar-refractivity contribution >= 4 is 29.6 Å². The van der Waals surface area contributed by atoms with Gasteiger partial charge < -0.3 is 36.9 Å². The molecule has 0 aliphatic carbocycles. The Bertz CT molecular complexity index is 1070. The van der Waals surface area contributed by atoms with Crippen LogP contribution in [0.15, 0.2) is 24.5 Å². The van der Waals surface area contributed by atoms with Gasteiger partial charge in [0.05, 0.1) is 11.6 Å². The molecule has 0 unspecified atom stereocenters. The summed E-state index contributed by atoms with van der Waals surface area (Å²) >= 11 is 0. The lowest BCUT2D eigenvalue weighted by Gasteiger charge is -2.29. The first-order chi connectivity index (χ1) is 20.8. The Morgan fingerprint density at radius 2 is 1.55 bits per heavy atom. The number of hydrogen-bond acceptors (Lipinski definition) is 7. The molecule has 13 heteroatoms. The lowest BCUT2D eigenvalue weighted by molar-refractivity contribution is -0.605. The van der Waals surface area contributed by atoms with Crippen LogP contribution in [0.4, 0.5) is 0 Å². The molecule has 44 heavy (non-hydrogen) atoms. The molecule has 0 aliphatic heterocycles. The molecule has 5 atom stereocenters. The second-order valence-electron chi connectivity index (χ2n) is 11.6. The van der Waals surface area contributed by atoms with Crippen molar-refractivity contribution in [2.45, 2.75) is 111 Å². The van der Waals surface area contributed by atoms with Gasteiger partial charge in [-0.15, -0.1) is 0 Å². The number of carbonyl (C=O) groups is 5. The van der Waals surface area contributed by atoms with Crippen molar-refractivity contribution in [3.63, 3.8) is 0 Å². The molecule has 0 bridgehead atoms. The number of likely N-dealkylation sites (N-methyl/N-ethyl adjacent to an activating group) is 1. The fourth-order valence-electron chi connectivity index (χ4n) is 4.74. The molecular weight excluding hydrogens is 568 g/mol. The Hall–Kier alpha value is -3.74. The number of nitrogens with zero attached hydrogens (tertiary/aromatic N) is 1. The van der Waals surface area contributed by atoms with E-state index >= 15 is 0 Å². The number of carboxylic acid groups (broad SMARTS) is 1. The van der Waals surface area contributed by atoms with Crippen LogP contribution in [0.25, 0.3) is 0 Å². The molecule has 4 amide bonds. The zero-order chi connectivity index (χ0) is 33.2. The van der Waals surface area contributed by atoms with Gasteiger partial charge in [0.1, 0.15) is 12.1 Å². The molecule has 0 spiro atoms. The van der Waals surface area contributed by atoms with Gasteiger partial charge >= 0.3 is 5.97 Å². The highest BCUT2D eigenvalue weighted by Gasteiger charge is 2.31. The normalized spacial score (nSPS) is 14.5. The van der Waals surface area contributed by atoms with Crippen LogP contribution in [0.3, 0.4) is 0 Å². The van der Waals surface area contributed by atoms with Crippen molar-refractivity contribution in [3.05, 3.63) is 35.3 Å². The molecule has 0 saturated heterocycles. The van der Waals surface area contributed by atoms with E-state index in [1.165, 1.54) is 24.5 Å². The van der Waals surface area contributed by atoms with E-state index < -0.39 is 35.9 Å². The van der Waals surface area contributed by atoms with Gasteiger partial charge in [-0.25, -0.2) is 0 Å². The summed E-state index contributed by atoms with van der Waals surface area (Å²) in [5.41, 5.74) is 0.235. The molecule has 1 aromatic heterocycles. The quantitative estimate of drug-likeness (QED) is 0.0882. The van der Waals surface area contributed by atoms with Crippen LogP contribution >= 0.6 is 0 Å². The maximum Gasteiger partial charge on any atom is 0.303 e. The number of rotatable bonds is 21. The van der Waals surface area contributed by atoms with Crippen molar-refractivity contribution in [2.75, 3.05) is 13.1 Å². The SMILES string of the molecule is CCC[C@H](NC(=O)[C@@H](NC(=O)c1cc[n+]([O-])cc1)[C@@H](C)CC)C(=O)N[C@H](CN[C@@H](CCCC(=O)O)C(=O)NCC)CC(C)C. The number of carboxylic acids is 1. The van der Waals surface area contributed by atoms with Crippen molar-refractivity contribution in [1.29, 1.82) is 0 Å². The Kier molecular flexibility index (Phi) is 17.6. The van der Waals surface area contributed by atoms with Crippen molar-refractivity contribution in [3.8, 4) is 0 Å².